The quantitative estimate of drug-likeness (QED) is 0.103. The molecule has 1 fully saturated rings. The summed E-state index contributed by atoms with van der Waals surface area (Å²) in [5.74, 6) is -3.77. The molecule has 7 atom stereocenters. The number of carbonyl (C=O) groups excluding carboxylic acids is 6. The maximum Gasteiger partial charge on any atom is 0.248 e. The van der Waals surface area contributed by atoms with E-state index in [9.17, 15) is 39.0 Å². The van der Waals surface area contributed by atoms with E-state index in [1.54, 1.807) is 12.1 Å². The van der Waals surface area contributed by atoms with E-state index in [0.717, 1.165) is 0 Å². The summed E-state index contributed by atoms with van der Waals surface area (Å²) in [5, 5.41) is 30.5. The number of benzene rings is 1. The van der Waals surface area contributed by atoms with Gasteiger partial charge < -0.3 is 47.8 Å². The summed E-state index contributed by atoms with van der Waals surface area (Å²) in [4.78, 5) is 79.5. The minimum Gasteiger partial charge on any atom is -0.508 e. The Bertz CT molecular complexity index is 1290. The highest BCUT2D eigenvalue weighted by Gasteiger charge is 2.41. The predicted octanol–water partition coefficient (Wildman–Crippen LogP) is -0.830. The third-order valence-electron chi connectivity index (χ3n) is 8.08. The van der Waals surface area contributed by atoms with Crippen molar-refractivity contribution < 1.29 is 39.0 Å². The van der Waals surface area contributed by atoms with Crippen LogP contribution in [-0.4, -0.2) is 99.5 Å². The van der Waals surface area contributed by atoms with E-state index < -0.39 is 77.8 Å². The SMILES string of the molecule is CC(C)CC(N)C(=O)NC(C(=O)N1CCCC1C(=O)NC(Cc1ccc(O)cc1)C(=O)NC(C)C(=O)NC(CC(C)C)C(N)=O)C(C)O. The van der Waals surface area contributed by atoms with E-state index in [-0.39, 0.29) is 37.0 Å². The standard InChI is InChI=1S/C33H53N7O8/c1-17(2)14-23(34)30(45)39-27(20(6)41)33(48)40-13-7-8-26(40)32(47)38-25(16-21-9-11-22(42)12-10-21)31(46)36-19(5)29(44)37-24(28(35)43)15-18(3)4/h9-12,17-20,23-27,41-42H,7-8,13-16,34H2,1-6H3,(H2,35,43)(H,36,46)(H,37,44)(H,38,47)(H,39,45). The number of primary amides is 1. The van der Waals surface area contributed by atoms with E-state index in [4.69, 9.17) is 11.5 Å². The smallest absolute Gasteiger partial charge is 0.248 e. The van der Waals surface area contributed by atoms with Gasteiger partial charge in [-0.2, -0.15) is 0 Å². The summed E-state index contributed by atoms with van der Waals surface area (Å²) in [7, 11) is 0. The fraction of sp³-hybridized carbons (Fsp3) is 0.636. The number of hydrogen-bond acceptors (Lipinski definition) is 9. The molecule has 48 heavy (non-hydrogen) atoms. The first-order valence-corrected chi connectivity index (χ1v) is 16.4. The first-order chi connectivity index (χ1) is 22.4. The lowest BCUT2D eigenvalue weighted by atomic mass is 10.0. The molecule has 0 spiro atoms. The van der Waals surface area contributed by atoms with Crippen LogP contribution in [0.4, 0.5) is 0 Å². The molecule has 1 heterocycles. The van der Waals surface area contributed by atoms with E-state index in [1.807, 2.05) is 27.7 Å². The molecule has 0 aromatic heterocycles. The van der Waals surface area contributed by atoms with Gasteiger partial charge in [0.25, 0.3) is 0 Å². The number of nitrogens with zero attached hydrogens (tertiary/aromatic N) is 1. The number of aliphatic hydroxyl groups excluding tert-OH is 1. The number of hydrogen-bond donors (Lipinski definition) is 8. The molecular weight excluding hydrogens is 622 g/mol. The zero-order chi connectivity index (χ0) is 36.3. The number of amides is 6. The van der Waals surface area contributed by atoms with Gasteiger partial charge in [-0.1, -0.05) is 39.8 Å². The summed E-state index contributed by atoms with van der Waals surface area (Å²) < 4.78 is 0. The van der Waals surface area contributed by atoms with Crippen molar-refractivity contribution in [1.82, 2.24) is 26.2 Å². The van der Waals surface area contributed by atoms with Crippen molar-refractivity contribution in [3.8, 4) is 5.75 Å². The van der Waals surface area contributed by atoms with Gasteiger partial charge in [-0.05, 0) is 69.1 Å². The fourth-order valence-corrected chi connectivity index (χ4v) is 5.48. The third kappa shape index (κ3) is 12.1. The normalized spacial score (nSPS) is 18.3. The van der Waals surface area contributed by atoms with Crippen LogP contribution in [0.15, 0.2) is 24.3 Å². The van der Waals surface area contributed by atoms with E-state index >= 15 is 0 Å². The average Bonchev–Trinajstić information content (AvgIpc) is 3.49. The third-order valence-corrected chi connectivity index (χ3v) is 8.08. The van der Waals surface area contributed by atoms with Gasteiger partial charge in [-0.3, -0.25) is 28.8 Å². The Morgan fingerprint density at radius 1 is 0.833 bits per heavy atom. The van der Waals surface area contributed by atoms with Gasteiger partial charge >= 0.3 is 0 Å². The lowest BCUT2D eigenvalue weighted by Gasteiger charge is -2.31. The molecule has 1 aromatic carbocycles. The van der Waals surface area contributed by atoms with Crippen molar-refractivity contribution in [2.24, 2.45) is 23.3 Å². The predicted molar refractivity (Wildman–Crippen MR) is 178 cm³/mol. The number of aliphatic hydroxyl groups is 1. The van der Waals surface area contributed by atoms with Crippen molar-refractivity contribution in [2.75, 3.05) is 6.54 Å². The second-order valence-electron chi connectivity index (χ2n) is 13.4. The molecule has 15 nitrogen and oxygen atoms in total. The second kappa shape index (κ2) is 18.3. The summed E-state index contributed by atoms with van der Waals surface area (Å²) in [5.41, 5.74) is 12.0. The number of phenols is 1. The Morgan fingerprint density at radius 2 is 1.44 bits per heavy atom. The molecule has 1 saturated heterocycles. The Labute approximate surface area is 281 Å². The number of rotatable bonds is 17. The van der Waals surface area contributed by atoms with Crippen LogP contribution in [0.25, 0.3) is 0 Å². The zero-order valence-corrected chi connectivity index (χ0v) is 28.7. The largest absolute Gasteiger partial charge is 0.508 e. The topological polar surface area (TPSA) is 246 Å². The number of phenolic OH excluding ortho intramolecular Hbond substituents is 1. The summed E-state index contributed by atoms with van der Waals surface area (Å²) in [6.45, 7) is 10.5. The lowest BCUT2D eigenvalue weighted by Crippen LogP contribution is -2.60. The molecule has 7 unspecified atom stereocenters. The highest BCUT2D eigenvalue weighted by Crippen LogP contribution is 2.20. The Balaban J connectivity index is 2.24. The van der Waals surface area contributed by atoms with Crippen molar-refractivity contribution in [3.05, 3.63) is 29.8 Å². The van der Waals surface area contributed by atoms with Crippen molar-refractivity contribution in [2.45, 2.75) is 116 Å². The molecule has 0 bridgehead atoms. The summed E-state index contributed by atoms with van der Waals surface area (Å²) in [6, 6.07) is -0.493. The van der Waals surface area contributed by atoms with Crippen LogP contribution in [0.3, 0.4) is 0 Å². The number of aromatic hydroxyl groups is 1. The first-order valence-electron chi connectivity index (χ1n) is 16.4. The van der Waals surface area contributed by atoms with E-state index in [0.29, 0.717) is 24.8 Å². The molecule has 15 heteroatoms. The molecular formula is C33H53N7O8. The van der Waals surface area contributed by atoms with Crippen molar-refractivity contribution in [3.63, 3.8) is 0 Å². The van der Waals surface area contributed by atoms with Crippen LogP contribution in [-0.2, 0) is 35.2 Å². The van der Waals surface area contributed by atoms with Gasteiger partial charge in [-0.15, -0.1) is 0 Å². The maximum atomic E-state index is 13.7. The maximum absolute atomic E-state index is 13.7. The monoisotopic (exact) mass is 675 g/mol. The van der Waals surface area contributed by atoms with Crippen LogP contribution in [0.1, 0.15) is 72.8 Å². The molecule has 1 aliphatic rings. The molecule has 10 N–H and O–H groups in total. The summed E-state index contributed by atoms with van der Waals surface area (Å²) in [6.07, 6.45) is 0.0945. The van der Waals surface area contributed by atoms with Gasteiger partial charge in [0.15, 0.2) is 0 Å². The Morgan fingerprint density at radius 3 is 1.98 bits per heavy atom. The minimum absolute atomic E-state index is 0.00418. The molecule has 0 radical (unpaired) electrons. The van der Waals surface area contributed by atoms with Crippen LogP contribution >= 0.6 is 0 Å². The second-order valence-corrected chi connectivity index (χ2v) is 13.4. The van der Waals surface area contributed by atoms with Gasteiger partial charge in [0.05, 0.1) is 12.1 Å². The van der Waals surface area contributed by atoms with Gasteiger partial charge in [0, 0.05) is 13.0 Å². The van der Waals surface area contributed by atoms with Gasteiger partial charge in [0.2, 0.25) is 35.4 Å². The Kier molecular flexibility index (Phi) is 15.3. The molecule has 2 rings (SSSR count). The first kappa shape index (κ1) is 39.9. The van der Waals surface area contributed by atoms with Gasteiger partial charge in [-0.25, -0.2) is 0 Å². The van der Waals surface area contributed by atoms with Crippen molar-refractivity contribution >= 4 is 35.4 Å². The number of likely N-dealkylation sites (tertiary alicyclic amines) is 1. The molecule has 1 aromatic rings. The average molecular weight is 676 g/mol. The van der Waals surface area contributed by atoms with Gasteiger partial charge in [0.1, 0.15) is 36.0 Å². The molecule has 268 valence electrons. The molecule has 0 saturated carbocycles. The van der Waals surface area contributed by atoms with Crippen LogP contribution in [0.5, 0.6) is 5.75 Å². The lowest BCUT2D eigenvalue weighted by molar-refractivity contribution is -0.144. The van der Waals surface area contributed by atoms with Crippen LogP contribution < -0.4 is 32.7 Å². The van der Waals surface area contributed by atoms with Crippen LogP contribution in [0, 0.1) is 11.8 Å². The summed E-state index contributed by atoms with van der Waals surface area (Å²) >= 11 is 0. The highest BCUT2D eigenvalue weighted by molar-refractivity contribution is 5.97. The number of carbonyl (C=O) groups is 6. The van der Waals surface area contributed by atoms with E-state index in [1.165, 1.54) is 30.9 Å². The fourth-order valence-electron chi connectivity index (χ4n) is 5.48. The van der Waals surface area contributed by atoms with E-state index in [2.05, 4.69) is 21.3 Å². The minimum atomic E-state index is -1.35. The molecule has 0 aliphatic carbocycles. The van der Waals surface area contributed by atoms with Crippen molar-refractivity contribution in [1.29, 1.82) is 0 Å². The zero-order valence-electron chi connectivity index (χ0n) is 28.7. The molecule has 1 aliphatic heterocycles. The highest BCUT2D eigenvalue weighted by atomic mass is 16.3. The number of nitrogens with one attached hydrogen (secondary N) is 4. The molecule has 6 amide bonds. The number of nitrogens with two attached hydrogens (primary N) is 2. The van der Waals surface area contributed by atoms with Crippen LogP contribution in [0.2, 0.25) is 0 Å². The Hall–Kier alpha value is -4.24.